The van der Waals surface area contributed by atoms with Crippen LogP contribution in [0, 0.1) is 5.92 Å². The highest BCUT2D eigenvalue weighted by Gasteiger charge is 2.39. The Kier molecular flexibility index (Phi) is 4.43. The number of nitrogens with one attached hydrogen (secondary N) is 2. The molecule has 26 heavy (non-hydrogen) atoms. The summed E-state index contributed by atoms with van der Waals surface area (Å²) in [6.07, 6.45) is -4.69. The van der Waals surface area contributed by atoms with Crippen LogP contribution in [0.25, 0.3) is 0 Å². The number of aromatic nitrogens is 3. The summed E-state index contributed by atoms with van der Waals surface area (Å²) in [7, 11) is 0. The zero-order chi connectivity index (χ0) is 19.1. The van der Waals surface area contributed by atoms with Crippen LogP contribution >= 0.6 is 0 Å². The van der Waals surface area contributed by atoms with Gasteiger partial charge in [-0.1, -0.05) is 32.0 Å². The van der Waals surface area contributed by atoms with Gasteiger partial charge in [-0.15, -0.1) is 5.10 Å². The lowest BCUT2D eigenvalue weighted by Crippen LogP contribution is -2.47. The molecule has 0 aliphatic carbocycles. The summed E-state index contributed by atoms with van der Waals surface area (Å²) >= 11 is 0. The molecule has 2 aromatic rings. The monoisotopic (exact) mass is 367 g/mol. The molecule has 0 saturated heterocycles. The van der Waals surface area contributed by atoms with E-state index < -0.39 is 29.9 Å². The van der Waals surface area contributed by atoms with E-state index in [0.717, 1.165) is 5.56 Å². The van der Waals surface area contributed by atoms with Gasteiger partial charge < -0.3 is 4.90 Å². The number of amides is 2. The topological polar surface area (TPSA) is 91.0 Å². The third-order valence-corrected chi connectivity index (χ3v) is 4.07. The minimum absolute atomic E-state index is 0.257. The van der Waals surface area contributed by atoms with Crippen LogP contribution in [0.2, 0.25) is 0 Å². The molecule has 1 aromatic heterocycles. The van der Waals surface area contributed by atoms with Crippen LogP contribution < -0.4 is 5.32 Å². The van der Waals surface area contributed by atoms with Gasteiger partial charge in [0.05, 0.1) is 0 Å². The summed E-state index contributed by atoms with van der Waals surface area (Å²) < 4.78 is 37.7. The second kappa shape index (κ2) is 6.43. The highest BCUT2D eigenvalue weighted by atomic mass is 19.4. The number of aromatic amines is 1. The minimum Gasteiger partial charge on any atom is -0.322 e. The number of halogens is 3. The summed E-state index contributed by atoms with van der Waals surface area (Å²) in [5.41, 5.74) is 1.32. The van der Waals surface area contributed by atoms with Crippen molar-refractivity contribution in [2.45, 2.75) is 32.6 Å². The van der Waals surface area contributed by atoms with Crippen molar-refractivity contribution in [3.63, 3.8) is 0 Å². The molecule has 7 nitrogen and oxygen atoms in total. The van der Waals surface area contributed by atoms with Gasteiger partial charge in [0.2, 0.25) is 17.7 Å². The summed E-state index contributed by atoms with van der Waals surface area (Å²) in [6.45, 7) is 3.76. The number of carbonyl (C=O) groups excluding carboxylic acids is 2. The SMILES string of the molecule is CC(C)[C@H](C(=O)Nc1n[nH]c(C(F)(F)F)n1)N1Cc2ccccc2C1=O. The first-order valence-corrected chi connectivity index (χ1v) is 7.88. The highest BCUT2D eigenvalue weighted by molar-refractivity contribution is 6.03. The fourth-order valence-corrected chi connectivity index (χ4v) is 2.93. The molecule has 0 spiro atoms. The molecular formula is C16H16F3N5O2. The maximum atomic E-state index is 12.6. The molecule has 1 aromatic carbocycles. The molecule has 2 amide bonds. The van der Waals surface area contributed by atoms with E-state index in [2.05, 4.69) is 15.4 Å². The van der Waals surface area contributed by atoms with Gasteiger partial charge in [0, 0.05) is 12.1 Å². The average molecular weight is 367 g/mol. The Morgan fingerprint density at radius 3 is 2.58 bits per heavy atom. The normalized spacial score (nSPS) is 15.3. The van der Waals surface area contributed by atoms with Gasteiger partial charge in [-0.3, -0.25) is 20.0 Å². The molecule has 10 heteroatoms. The fraction of sp³-hybridized carbons (Fsp3) is 0.375. The summed E-state index contributed by atoms with van der Waals surface area (Å²) in [6, 6.07) is 6.14. The van der Waals surface area contributed by atoms with Crippen molar-refractivity contribution < 1.29 is 22.8 Å². The Balaban J connectivity index is 1.80. The smallest absolute Gasteiger partial charge is 0.322 e. The summed E-state index contributed by atoms with van der Waals surface area (Å²) in [5, 5.41) is 7.34. The minimum atomic E-state index is -4.69. The largest absolute Gasteiger partial charge is 0.451 e. The third-order valence-electron chi connectivity index (χ3n) is 4.07. The van der Waals surface area contributed by atoms with E-state index in [4.69, 9.17) is 0 Å². The molecule has 2 heterocycles. The van der Waals surface area contributed by atoms with Crippen molar-refractivity contribution in [3.05, 3.63) is 41.2 Å². The molecular weight excluding hydrogens is 351 g/mol. The van der Waals surface area contributed by atoms with Gasteiger partial charge in [-0.2, -0.15) is 18.2 Å². The predicted molar refractivity (Wildman–Crippen MR) is 85.0 cm³/mol. The molecule has 1 aliphatic rings. The van der Waals surface area contributed by atoms with Crippen molar-refractivity contribution >= 4 is 17.8 Å². The highest BCUT2D eigenvalue weighted by Crippen LogP contribution is 2.28. The molecule has 0 unspecified atom stereocenters. The van der Waals surface area contributed by atoms with Crippen LogP contribution in [0.3, 0.4) is 0 Å². The lowest BCUT2D eigenvalue weighted by Gasteiger charge is -2.29. The Morgan fingerprint density at radius 2 is 2.00 bits per heavy atom. The van der Waals surface area contributed by atoms with E-state index in [1.807, 2.05) is 0 Å². The van der Waals surface area contributed by atoms with Gasteiger partial charge in [0.15, 0.2) is 0 Å². The lowest BCUT2D eigenvalue weighted by molar-refractivity contribution is -0.144. The van der Waals surface area contributed by atoms with Crippen molar-refractivity contribution in [1.82, 2.24) is 20.1 Å². The van der Waals surface area contributed by atoms with Gasteiger partial charge in [-0.05, 0) is 17.5 Å². The number of hydrogen-bond acceptors (Lipinski definition) is 4. The summed E-state index contributed by atoms with van der Waals surface area (Å²) in [4.78, 5) is 29.8. The first-order valence-electron chi connectivity index (χ1n) is 7.88. The number of benzene rings is 1. The number of anilines is 1. The van der Waals surface area contributed by atoms with E-state index in [0.29, 0.717) is 5.56 Å². The second-order valence-electron chi connectivity index (χ2n) is 6.27. The van der Waals surface area contributed by atoms with Crippen LogP contribution in [-0.2, 0) is 17.5 Å². The Labute approximate surface area is 146 Å². The zero-order valence-electron chi connectivity index (χ0n) is 14.0. The van der Waals surface area contributed by atoms with E-state index in [9.17, 15) is 22.8 Å². The van der Waals surface area contributed by atoms with Gasteiger partial charge in [0.1, 0.15) is 6.04 Å². The van der Waals surface area contributed by atoms with Crippen molar-refractivity contribution in [3.8, 4) is 0 Å². The van der Waals surface area contributed by atoms with E-state index in [-0.39, 0.29) is 18.4 Å². The quantitative estimate of drug-likeness (QED) is 0.868. The fourth-order valence-electron chi connectivity index (χ4n) is 2.93. The summed E-state index contributed by atoms with van der Waals surface area (Å²) in [5.74, 6) is -3.00. The number of H-pyrrole nitrogens is 1. The number of alkyl halides is 3. The maximum Gasteiger partial charge on any atom is 0.451 e. The van der Waals surface area contributed by atoms with Crippen molar-refractivity contribution in [2.24, 2.45) is 5.92 Å². The van der Waals surface area contributed by atoms with Gasteiger partial charge in [-0.25, -0.2) is 0 Å². The Hall–Kier alpha value is -2.91. The number of nitrogens with zero attached hydrogens (tertiary/aromatic N) is 3. The van der Waals surface area contributed by atoms with Crippen molar-refractivity contribution in [2.75, 3.05) is 5.32 Å². The average Bonchev–Trinajstić information content (AvgIpc) is 3.13. The maximum absolute atomic E-state index is 12.6. The van der Waals surface area contributed by atoms with E-state index in [1.165, 1.54) is 4.90 Å². The molecule has 138 valence electrons. The standard InChI is InChI=1S/C16H16F3N5O2/c1-8(2)11(24-7-9-5-3-4-6-10(9)13(24)26)12(25)20-15-21-14(22-23-15)16(17,18)19/h3-6,8,11H,7H2,1-2H3,(H2,20,21,22,23,25)/t11-/m1/s1. The molecule has 2 N–H and O–H groups in total. The molecule has 0 radical (unpaired) electrons. The Bertz CT molecular complexity index is 846. The zero-order valence-corrected chi connectivity index (χ0v) is 14.0. The Morgan fingerprint density at radius 1 is 1.31 bits per heavy atom. The van der Waals surface area contributed by atoms with Crippen LogP contribution in [0.4, 0.5) is 19.1 Å². The van der Waals surface area contributed by atoms with Gasteiger partial charge >= 0.3 is 6.18 Å². The number of rotatable bonds is 4. The first kappa shape index (κ1) is 17.9. The lowest BCUT2D eigenvalue weighted by atomic mass is 10.0. The van der Waals surface area contributed by atoms with Crippen LogP contribution in [0.1, 0.15) is 35.6 Å². The number of carbonyl (C=O) groups is 2. The molecule has 1 aliphatic heterocycles. The number of hydrogen-bond donors (Lipinski definition) is 2. The second-order valence-corrected chi connectivity index (χ2v) is 6.27. The first-order chi connectivity index (χ1) is 12.2. The third kappa shape index (κ3) is 3.26. The molecule has 0 fully saturated rings. The molecule has 1 atom stereocenters. The van der Waals surface area contributed by atoms with Crippen LogP contribution in [-0.4, -0.2) is 37.9 Å². The molecule has 0 bridgehead atoms. The van der Waals surface area contributed by atoms with E-state index in [1.54, 1.807) is 43.2 Å². The van der Waals surface area contributed by atoms with E-state index >= 15 is 0 Å². The molecule has 3 rings (SSSR count). The number of fused-ring (bicyclic) bond motifs is 1. The predicted octanol–water partition coefficient (Wildman–Crippen LogP) is 2.44. The van der Waals surface area contributed by atoms with Crippen LogP contribution in [0.15, 0.2) is 24.3 Å². The molecule has 0 saturated carbocycles. The van der Waals surface area contributed by atoms with Gasteiger partial charge in [0.25, 0.3) is 5.91 Å². The van der Waals surface area contributed by atoms with Crippen LogP contribution in [0.5, 0.6) is 0 Å². The van der Waals surface area contributed by atoms with Crippen molar-refractivity contribution in [1.29, 1.82) is 0 Å².